The van der Waals surface area contributed by atoms with E-state index in [1.54, 1.807) is 22.7 Å². The number of likely N-dealkylation sites (N-methyl/N-ethyl adjacent to an activating group) is 1. The minimum Gasteiger partial charge on any atom is -0.480 e. The maximum absolute atomic E-state index is 10.7. The number of hydrogen-bond acceptors (Lipinski definition) is 4. The summed E-state index contributed by atoms with van der Waals surface area (Å²) >= 11 is 0. The summed E-state index contributed by atoms with van der Waals surface area (Å²) < 4.78 is 1.74. The third-order valence-electron chi connectivity index (χ3n) is 2.61. The Morgan fingerprint density at radius 3 is 3.06 bits per heavy atom. The van der Waals surface area contributed by atoms with Crippen LogP contribution in [0.1, 0.15) is 0 Å². The molecule has 0 fully saturated rings. The summed E-state index contributed by atoms with van der Waals surface area (Å²) in [5, 5.41) is 16.8. The molecular formula is C12H14N4O2. The number of carbonyl (C=O) groups is 1. The van der Waals surface area contributed by atoms with Crippen LogP contribution in [0, 0.1) is 0 Å². The zero-order chi connectivity index (χ0) is 13.1. The average molecular weight is 246 g/mol. The second-order valence-electron chi connectivity index (χ2n) is 3.98. The van der Waals surface area contributed by atoms with E-state index in [-0.39, 0.29) is 6.54 Å². The molecule has 2 rings (SSSR count). The van der Waals surface area contributed by atoms with E-state index in [0.29, 0.717) is 6.54 Å². The molecule has 18 heavy (non-hydrogen) atoms. The van der Waals surface area contributed by atoms with Crippen LogP contribution in [0.4, 0.5) is 5.69 Å². The second-order valence-corrected chi connectivity index (χ2v) is 3.98. The fraction of sp³-hybridized carbons (Fsp3) is 0.250. The molecule has 0 saturated carbocycles. The molecule has 0 radical (unpaired) electrons. The minimum atomic E-state index is -0.868. The molecule has 0 saturated heterocycles. The van der Waals surface area contributed by atoms with Crippen molar-refractivity contribution in [3.05, 3.63) is 30.9 Å². The van der Waals surface area contributed by atoms with Crippen molar-refractivity contribution in [2.75, 3.05) is 18.5 Å². The number of benzene rings is 1. The summed E-state index contributed by atoms with van der Waals surface area (Å²) in [6.07, 6.45) is 1.75. The number of hydrogen-bond donors (Lipinski definition) is 1. The lowest BCUT2D eigenvalue weighted by Gasteiger charge is -2.16. The first-order chi connectivity index (χ1) is 8.61. The number of carboxylic acids is 1. The van der Waals surface area contributed by atoms with Gasteiger partial charge < -0.3 is 10.0 Å². The largest absolute Gasteiger partial charge is 0.480 e. The van der Waals surface area contributed by atoms with Gasteiger partial charge in [-0.1, -0.05) is 11.3 Å². The summed E-state index contributed by atoms with van der Waals surface area (Å²) in [4.78, 5) is 12.3. The van der Waals surface area contributed by atoms with Gasteiger partial charge in [0.1, 0.15) is 12.1 Å². The van der Waals surface area contributed by atoms with E-state index in [0.717, 1.165) is 16.7 Å². The molecule has 0 bridgehead atoms. The smallest absolute Gasteiger partial charge is 0.323 e. The summed E-state index contributed by atoms with van der Waals surface area (Å²) in [5.41, 5.74) is 2.45. The van der Waals surface area contributed by atoms with Crippen molar-refractivity contribution in [1.29, 1.82) is 0 Å². The van der Waals surface area contributed by atoms with Crippen LogP contribution in [-0.2, 0) is 11.3 Å². The highest BCUT2D eigenvalue weighted by Crippen LogP contribution is 2.19. The van der Waals surface area contributed by atoms with Gasteiger partial charge in [0.25, 0.3) is 0 Å². The van der Waals surface area contributed by atoms with Gasteiger partial charge in [0.2, 0.25) is 0 Å². The molecule has 0 atom stereocenters. The first kappa shape index (κ1) is 12.1. The van der Waals surface area contributed by atoms with E-state index in [4.69, 9.17) is 5.11 Å². The number of carboxylic acid groups (broad SMARTS) is 1. The predicted molar refractivity (Wildman–Crippen MR) is 68.6 cm³/mol. The van der Waals surface area contributed by atoms with Crippen molar-refractivity contribution in [3.63, 3.8) is 0 Å². The normalized spacial score (nSPS) is 10.5. The molecule has 6 heteroatoms. The van der Waals surface area contributed by atoms with Crippen molar-refractivity contribution in [2.45, 2.75) is 6.54 Å². The fourth-order valence-corrected chi connectivity index (χ4v) is 1.75. The van der Waals surface area contributed by atoms with E-state index in [2.05, 4.69) is 16.9 Å². The van der Waals surface area contributed by atoms with Crippen LogP contribution < -0.4 is 4.90 Å². The van der Waals surface area contributed by atoms with Gasteiger partial charge >= 0.3 is 5.97 Å². The highest BCUT2D eigenvalue weighted by atomic mass is 16.4. The van der Waals surface area contributed by atoms with Crippen molar-refractivity contribution in [1.82, 2.24) is 15.0 Å². The first-order valence-corrected chi connectivity index (χ1v) is 5.49. The highest BCUT2D eigenvalue weighted by molar-refractivity contribution is 5.80. The van der Waals surface area contributed by atoms with E-state index < -0.39 is 5.97 Å². The average Bonchev–Trinajstić information content (AvgIpc) is 2.71. The second kappa shape index (κ2) is 4.87. The maximum atomic E-state index is 10.7. The van der Waals surface area contributed by atoms with Gasteiger partial charge in [0.05, 0.1) is 12.1 Å². The number of anilines is 1. The summed E-state index contributed by atoms with van der Waals surface area (Å²) in [7, 11) is 1.73. The van der Waals surface area contributed by atoms with E-state index in [1.807, 2.05) is 18.2 Å². The zero-order valence-corrected chi connectivity index (χ0v) is 10.1. The summed E-state index contributed by atoms with van der Waals surface area (Å²) in [6.45, 7) is 4.21. The molecule has 0 aliphatic heterocycles. The Morgan fingerprint density at radius 2 is 2.39 bits per heavy atom. The molecule has 0 aliphatic rings. The Labute approximate surface area is 104 Å². The molecule has 6 nitrogen and oxygen atoms in total. The SMILES string of the molecule is C=CCn1nnc2cc(N(C)CC(=O)O)ccc21. The van der Waals surface area contributed by atoms with Crippen LogP contribution in [0.5, 0.6) is 0 Å². The molecule has 0 aliphatic carbocycles. The Kier molecular flexibility index (Phi) is 3.27. The molecule has 1 heterocycles. The molecule has 0 amide bonds. The van der Waals surface area contributed by atoms with Gasteiger partial charge in [0, 0.05) is 12.7 Å². The van der Waals surface area contributed by atoms with Crippen molar-refractivity contribution in [3.8, 4) is 0 Å². The number of allylic oxidation sites excluding steroid dienone is 1. The predicted octanol–water partition coefficient (Wildman–Crippen LogP) is 1.14. The van der Waals surface area contributed by atoms with Crippen LogP contribution >= 0.6 is 0 Å². The van der Waals surface area contributed by atoms with E-state index in [1.165, 1.54) is 0 Å². The lowest BCUT2D eigenvalue weighted by atomic mass is 10.2. The number of rotatable bonds is 5. The molecule has 1 aromatic carbocycles. The maximum Gasteiger partial charge on any atom is 0.323 e. The van der Waals surface area contributed by atoms with Gasteiger partial charge in [0.15, 0.2) is 0 Å². The van der Waals surface area contributed by atoms with Gasteiger partial charge in [-0.2, -0.15) is 0 Å². The van der Waals surface area contributed by atoms with Crippen LogP contribution in [0.2, 0.25) is 0 Å². The van der Waals surface area contributed by atoms with Crippen LogP contribution in [0.15, 0.2) is 30.9 Å². The molecule has 1 N–H and O–H groups in total. The van der Waals surface area contributed by atoms with E-state index >= 15 is 0 Å². The highest BCUT2D eigenvalue weighted by Gasteiger charge is 2.09. The molecule has 94 valence electrons. The molecule has 2 aromatic rings. The number of nitrogens with zero attached hydrogens (tertiary/aromatic N) is 4. The number of aliphatic carboxylic acids is 1. The molecular weight excluding hydrogens is 232 g/mol. The summed E-state index contributed by atoms with van der Waals surface area (Å²) in [6, 6.07) is 5.56. The molecule has 1 aromatic heterocycles. The van der Waals surface area contributed by atoms with Crippen molar-refractivity contribution >= 4 is 22.7 Å². The lowest BCUT2D eigenvalue weighted by Crippen LogP contribution is -2.24. The number of fused-ring (bicyclic) bond motifs is 1. The third-order valence-corrected chi connectivity index (χ3v) is 2.61. The van der Waals surface area contributed by atoms with Crippen molar-refractivity contribution < 1.29 is 9.90 Å². The van der Waals surface area contributed by atoms with Gasteiger partial charge in [-0.3, -0.25) is 4.79 Å². The van der Waals surface area contributed by atoms with Gasteiger partial charge in [-0.15, -0.1) is 11.7 Å². The minimum absolute atomic E-state index is 0.0493. The van der Waals surface area contributed by atoms with Crippen LogP contribution in [0.25, 0.3) is 11.0 Å². The lowest BCUT2D eigenvalue weighted by molar-refractivity contribution is -0.135. The Bertz CT molecular complexity index is 591. The molecule has 0 spiro atoms. The summed E-state index contributed by atoms with van der Waals surface area (Å²) in [5.74, 6) is -0.868. The Morgan fingerprint density at radius 1 is 1.61 bits per heavy atom. The first-order valence-electron chi connectivity index (χ1n) is 5.49. The Hall–Kier alpha value is -2.37. The topological polar surface area (TPSA) is 71.2 Å². The molecule has 0 unspecified atom stereocenters. The van der Waals surface area contributed by atoms with Gasteiger partial charge in [-0.25, -0.2) is 4.68 Å². The van der Waals surface area contributed by atoms with Crippen LogP contribution in [-0.4, -0.2) is 39.7 Å². The van der Waals surface area contributed by atoms with Crippen LogP contribution in [0.3, 0.4) is 0 Å². The quantitative estimate of drug-likeness (QED) is 0.801. The Balaban J connectivity index is 2.33. The van der Waals surface area contributed by atoms with Crippen molar-refractivity contribution in [2.24, 2.45) is 0 Å². The number of aromatic nitrogens is 3. The standard InChI is InChI=1S/C12H14N4O2/c1-3-6-16-11-5-4-9(7-10(11)13-14-16)15(2)8-12(17)18/h3-5,7H,1,6,8H2,2H3,(H,17,18). The third kappa shape index (κ3) is 2.32. The van der Waals surface area contributed by atoms with Gasteiger partial charge in [-0.05, 0) is 18.2 Å². The monoisotopic (exact) mass is 246 g/mol. The fourth-order valence-electron chi connectivity index (χ4n) is 1.75. The van der Waals surface area contributed by atoms with E-state index in [9.17, 15) is 4.79 Å². The zero-order valence-electron chi connectivity index (χ0n) is 10.1.